The Bertz CT molecular complexity index is 441. The zero-order valence-electron chi connectivity index (χ0n) is 11.7. The number of benzene rings is 1. The summed E-state index contributed by atoms with van der Waals surface area (Å²) in [6.07, 6.45) is 3.12. The summed E-state index contributed by atoms with van der Waals surface area (Å²) in [6.45, 7) is 12.6. The quantitative estimate of drug-likeness (QED) is 0.733. The van der Waals surface area contributed by atoms with Gasteiger partial charge in [0.1, 0.15) is 0 Å². The minimum absolute atomic E-state index is 0.971. The van der Waals surface area contributed by atoms with Gasteiger partial charge >= 0.3 is 0 Å². The third-order valence-corrected chi connectivity index (χ3v) is 3.18. The number of aryl methyl sites for hydroxylation is 2. The van der Waals surface area contributed by atoms with Crippen molar-refractivity contribution in [2.75, 3.05) is 7.05 Å². The van der Waals surface area contributed by atoms with Crippen molar-refractivity contribution in [3.8, 4) is 0 Å². The van der Waals surface area contributed by atoms with E-state index in [1.165, 1.54) is 22.4 Å². The molecule has 0 unspecified atom stereocenters. The van der Waals surface area contributed by atoms with Crippen molar-refractivity contribution in [2.45, 2.75) is 34.1 Å². The van der Waals surface area contributed by atoms with Crippen LogP contribution in [0.1, 0.15) is 37.0 Å². The van der Waals surface area contributed by atoms with Crippen LogP contribution in [-0.2, 0) is 0 Å². The summed E-state index contributed by atoms with van der Waals surface area (Å²) < 4.78 is 0. The predicted octanol–water partition coefficient (Wildman–Crippen LogP) is 4.52. The smallest absolute Gasteiger partial charge is 0.0438 e. The van der Waals surface area contributed by atoms with Crippen LogP contribution in [0.4, 0.5) is 0 Å². The van der Waals surface area contributed by atoms with Gasteiger partial charge in [0.25, 0.3) is 0 Å². The molecule has 0 amide bonds. The Hall–Kier alpha value is -1.50. The van der Waals surface area contributed by atoms with Gasteiger partial charge < -0.3 is 4.90 Å². The van der Waals surface area contributed by atoms with Crippen molar-refractivity contribution in [1.82, 2.24) is 4.90 Å². The van der Waals surface area contributed by atoms with Gasteiger partial charge in [-0.1, -0.05) is 43.3 Å². The van der Waals surface area contributed by atoms with Crippen molar-refractivity contribution in [3.63, 3.8) is 0 Å². The molecule has 17 heavy (non-hydrogen) atoms. The van der Waals surface area contributed by atoms with E-state index in [0.29, 0.717) is 0 Å². The molecule has 0 aliphatic heterocycles. The highest BCUT2D eigenvalue weighted by Crippen LogP contribution is 2.25. The highest BCUT2D eigenvalue weighted by Gasteiger charge is 2.10. The molecule has 1 aromatic carbocycles. The first-order chi connectivity index (χ1) is 8.01. The molecule has 0 heterocycles. The molecule has 0 aliphatic rings. The standard InChI is InChI=1S/C16H23N/c1-7-14(5)17(6)16(8-2)15-10-9-12(3)11-13(15)4/h8-11H,5,7H2,1-4,6H3/b16-8-. The number of hydrogen-bond donors (Lipinski definition) is 0. The second kappa shape index (κ2) is 5.72. The Balaban J connectivity index is 3.15. The monoisotopic (exact) mass is 229 g/mol. The summed E-state index contributed by atoms with van der Waals surface area (Å²) >= 11 is 0. The summed E-state index contributed by atoms with van der Waals surface area (Å²) in [5.41, 5.74) is 6.27. The average Bonchev–Trinajstić information content (AvgIpc) is 2.31. The lowest BCUT2D eigenvalue weighted by Crippen LogP contribution is -2.15. The van der Waals surface area contributed by atoms with E-state index < -0.39 is 0 Å². The maximum absolute atomic E-state index is 4.10. The Labute approximate surface area is 105 Å². The van der Waals surface area contributed by atoms with E-state index in [1.54, 1.807) is 0 Å². The highest BCUT2D eigenvalue weighted by molar-refractivity contribution is 5.68. The number of rotatable bonds is 4. The molecule has 0 aliphatic carbocycles. The lowest BCUT2D eigenvalue weighted by Gasteiger charge is -2.25. The van der Waals surface area contributed by atoms with Crippen molar-refractivity contribution in [1.29, 1.82) is 0 Å². The topological polar surface area (TPSA) is 3.24 Å². The second-order valence-corrected chi connectivity index (χ2v) is 4.47. The Morgan fingerprint density at radius 1 is 1.35 bits per heavy atom. The fraction of sp³-hybridized carbons (Fsp3) is 0.375. The lowest BCUT2D eigenvalue weighted by atomic mass is 10.0. The van der Waals surface area contributed by atoms with Crippen LogP contribution in [0.3, 0.4) is 0 Å². The molecule has 1 heteroatoms. The molecule has 0 saturated heterocycles. The van der Waals surface area contributed by atoms with Gasteiger partial charge in [0.2, 0.25) is 0 Å². The molecule has 0 aromatic heterocycles. The molecule has 0 spiro atoms. The van der Waals surface area contributed by atoms with E-state index in [0.717, 1.165) is 12.1 Å². The first-order valence-corrected chi connectivity index (χ1v) is 6.16. The molecular weight excluding hydrogens is 206 g/mol. The molecule has 0 saturated carbocycles. The third kappa shape index (κ3) is 3.00. The molecule has 1 rings (SSSR count). The van der Waals surface area contributed by atoms with Gasteiger partial charge in [0, 0.05) is 24.0 Å². The molecule has 1 aromatic rings. The van der Waals surface area contributed by atoms with Crippen molar-refractivity contribution < 1.29 is 0 Å². The van der Waals surface area contributed by atoms with Crippen LogP contribution in [0, 0.1) is 13.8 Å². The van der Waals surface area contributed by atoms with Crippen LogP contribution in [0.15, 0.2) is 36.6 Å². The van der Waals surface area contributed by atoms with Gasteiger partial charge in [-0.3, -0.25) is 0 Å². The molecule has 0 bridgehead atoms. The summed E-state index contributed by atoms with van der Waals surface area (Å²) in [4.78, 5) is 2.18. The summed E-state index contributed by atoms with van der Waals surface area (Å²) in [7, 11) is 2.08. The van der Waals surface area contributed by atoms with E-state index in [2.05, 4.69) is 70.5 Å². The normalized spacial score (nSPS) is 11.5. The molecule has 1 nitrogen and oxygen atoms in total. The number of hydrogen-bond acceptors (Lipinski definition) is 1. The minimum atomic E-state index is 0.971. The maximum atomic E-state index is 4.10. The SMILES string of the molecule is C=C(CC)N(C)/C(=C\C)c1ccc(C)cc1C. The Morgan fingerprint density at radius 2 is 2.00 bits per heavy atom. The van der Waals surface area contributed by atoms with Crippen LogP contribution >= 0.6 is 0 Å². The second-order valence-electron chi connectivity index (χ2n) is 4.47. The van der Waals surface area contributed by atoms with Crippen LogP contribution in [0.5, 0.6) is 0 Å². The van der Waals surface area contributed by atoms with Gasteiger partial charge in [0.05, 0.1) is 0 Å². The van der Waals surface area contributed by atoms with E-state index >= 15 is 0 Å². The average molecular weight is 229 g/mol. The zero-order valence-corrected chi connectivity index (χ0v) is 11.7. The van der Waals surface area contributed by atoms with Crippen LogP contribution in [-0.4, -0.2) is 11.9 Å². The largest absolute Gasteiger partial charge is 0.349 e. The highest BCUT2D eigenvalue weighted by atomic mass is 15.1. The summed E-state index contributed by atoms with van der Waals surface area (Å²) in [5, 5.41) is 0. The fourth-order valence-electron chi connectivity index (χ4n) is 2.04. The van der Waals surface area contributed by atoms with Crippen LogP contribution in [0.25, 0.3) is 5.70 Å². The van der Waals surface area contributed by atoms with Gasteiger partial charge in [0.15, 0.2) is 0 Å². The van der Waals surface area contributed by atoms with Gasteiger partial charge in [-0.05, 0) is 32.8 Å². The number of allylic oxidation sites excluding steroid dienone is 2. The number of nitrogens with zero attached hydrogens (tertiary/aromatic N) is 1. The zero-order chi connectivity index (χ0) is 13.0. The Kier molecular flexibility index (Phi) is 4.56. The van der Waals surface area contributed by atoms with Crippen LogP contribution < -0.4 is 0 Å². The van der Waals surface area contributed by atoms with Gasteiger partial charge in [-0.15, -0.1) is 0 Å². The minimum Gasteiger partial charge on any atom is -0.349 e. The summed E-state index contributed by atoms with van der Waals surface area (Å²) in [5.74, 6) is 0. The van der Waals surface area contributed by atoms with Gasteiger partial charge in [-0.2, -0.15) is 0 Å². The van der Waals surface area contributed by atoms with E-state index in [4.69, 9.17) is 0 Å². The fourth-order valence-corrected chi connectivity index (χ4v) is 2.04. The third-order valence-electron chi connectivity index (χ3n) is 3.18. The van der Waals surface area contributed by atoms with E-state index in [1.807, 2.05) is 0 Å². The molecule has 0 atom stereocenters. The van der Waals surface area contributed by atoms with E-state index in [9.17, 15) is 0 Å². The van der Waals surface area contributed by atoms with E-state index in [-0.39, 0.29) is 0 Å². The summed E-state index contributed by atoms with van der Waals surface area (Å²) in [6, 6.07) is 6.58. The van der Waals surface area contributed by atoms with Gasteiger partial charge in [-0.25, -0.2) is 0 Å². The van der Waals surface area contributed by atoms with Crippen LogP contribution in [0.2, 0.25) is 0 Å². The predicted molar refractivity (Wildman–Crippen MR) is 76.8 cm³/mol. The molecular formula is C16H23N. The first-order valence-electron chi connectivity index (χ1n) is 6.16. The maximum Gasteiger partial charge on any atom is 0.0438 e. The van der Waals surface area contributed by atoms with Crippen molar-refractivity contribution >= 4 is 5.70 Å². The van der Waals surface area contributed by atoms with Crippen molar-refractivity contribution in [3.05, 3.63) is 53.2 Å². The Morgan fingerprint density at radius 3 is 2.47 bits per heavy atom. The molecule has 0 N–H and O–H groups in total. The van der Waals surface area contributed by atoms with Crippen molar-refractivity contribution in [2.24, 2.45) is 0 Å². The molecule has 92 valence electrons. The first kappa shape index (κ1) is 13.6. The molecule has 0 radical (unpaired) electrons. The lowest BCUT2D eigenvalue weighted by molar-refractivity contribution is 0.574. The molecule has 0 fully saturated rings.